The van der Waals surface area contributed by atoms with Gasteiger partial charge in [-0.05, 0) is 163 Å². The average Bonchev–Trinajstić information content (AvgIpc) is 0.760. The fraction of sp³-hybridized carbons (Fsp3) is 0.211. The van der Waals surface area contributed by atoms with Crippen LogP contribution in [0.3, 0.4) is 0 Å². The zero-order chi connectivity index (χ0) is 78.9. The number of anilines is 8. The second kappa shape index (κ2) is 36.3. The fourth-order valence-electron chi connectivity index (χ4n) is 10.6. The van der Waals surface area contributed by atoms with E-state index in [1.807, 2.05) is 90.4 Å². The van der Waals surface area contributed by atoms with Crippen molar-refractivity contribution in [3.8, 4) is 11.5 Å². The summed E-state index contributed by atoms with van der Waals surface area (Å²) in [6, 6.07) is 22.7. The Kier molecular flexibility index (Phi) is 27.8. The van der Waals surface area contributed by atoms with Gasteiger partial charge in [-0.2, -0.15) is 0 Å². The molecule has 0 amide bonds. The van der Waals surface area contributed by atoms with Crippen molar-refractivity contribution in [2.45, 2.75) is 24.7 Å². The molecule has 0 aliphatic rings. The van der Waals surface area contributed by atoms with Crippen molar-refractivity contribution < 1.29 is 76.0 Å². The first-order valence-corrected chi connectivity index (χ1v) is 35.9. The topological polar surface area (TPSA) is 409 Å². The molecule has 12 aromatic rings. The molecule has 37 heteroatoms. The summed E-state index contributed by atoms with van der Waals surface area (Å²) >= 11 is 7.88. The van der Waals surface area contributed by atoms with Gasteiger partial charge in [0, 0.05) is 98.6 Å². The summed E-state index contributed by atoms with van der Waals surface area (Å²) in [7, 11) is 7.48. The van der Waals surface area contributed by atoms with E-state index in [1.165, 1.54) is 104 Å². The zero-order valence-electron chi connectivity index (χ0n) is 56.9. The maximum absolute atomic E-state index is 14.3. The molecular weight excluding hydrogens is 1880 g/mol. The van der Waals surface area contributed by atoms with Crippen molar-refractivity contribution in [2.24, 2.45) is 35.2 Å². The van der Waals surface area contributed by atoms with Crippen molar-refractivity contribution in [2.75, 3.05) is 60.9 Å². The number of pyridine rings is 5. The number of aliphatic hydroxyl groups is 7. The first-order chi connectivity index (χ1) is 51.3. The minimum Gasteiger partial charge on any atom is -0.484 e. The average molecular weight is 1950 g/mol. The molecule has 0 spiro atoms. The van der Waals surface area contributed by atoms with Gasteiger partial charge in [-0.3, -0.25) is 56.6 Å². The van der Waals surface area contributed by atoms with Crippen LogP contribution >= 0.6 is 90.4 Å². The maximum Gasteiger partial charge on any atom is 0.255 e. The van der Waals surface area contributed by atoms with Gasteiger partial charge in [0.25, 0.3) is 22.2 Å². The number of ether oxygens (including phenoxy) is 2. The third-order valence-electron chi connectivity index (χ3n) is 16.1. The van der Waals surface area contributed by atoms with E-state index in [-0.39, 0.29) is 145 Å². The SMILES string of the molecule is Cn1c(=O)cc(Nc2ccc(I)cc2F)c2c(=O)c(OCCO)coc21.Cn1c(=O)cc(Nc2ccc(I)cc2F)c2c(=O)c(OC[C@H](O)CO)coc21.Cn1c(=O)cc(Nc2ccc(I)cc2F)c2c(=O)c([C@H](O)CO)coc21.Cn1cc([C@H](O)CCO)c(=O)c2c(Nc3ccc(I)cc3F)cc(=O)n(C)c21. The Bertz CT molecular complexity index is 5950. The molecule has 0 saturated heterocycles. The second-order valence-corrected chi connectivity index (χ2v) is 28.4. The van der Waals surface area contributed by atoms with Gasteiger partial charge in [0.05, 0.1) is 82.4 Å². The summed E-state index contributed by atoms with van der Waals surface area (Å²) in [6.45, 7) is -2.18. The number of aryl methyl sites for hydroxylation is 5. The number of halogens is 8. The largest absolute Gasteiger partial charge is 0.484 e. The molecule has 4 aromatic carbocycles. The van der Waals surface area contributed by atoms with E-state index in [9.17, 15) is 71.2 Å². The summed E-state index contributed by atoms with van der Waals surface area (Å²) < 4.78 is 92.4. The zero-order valence-corrected chi connectivity index (χ0v) is 65.6. The molecule has 0 fully saturated rings. The number of hydrogen-bond donors (Lipinski definition) is 11. The smallest absolute Gasteiger partial charge is 0.255 e. The Balaban J connectivity index is 0.000000166. The molecule has 108 heavy (non-hydrogen) atoms. The Morgan fingerprint density at radius 2 is 0.769 bits per heavy atom. The number of rotatable bonds is 20. The lowest BCUT2D eigenvalue weighted by atomic mass is 10.1. The normalized spacial score (nSPS) is 12.0. The molecule has 8 heterocycles. The second-order valence-electron chi connectivity index (χ2n) is 23.4. The molecule has 0 radical (unpaired) electrons. The minimum atomic E-state index is -1.43. The lowest BCUT2D eigenvalue weighted by Crippen LogP contribution is -2.26. The van der Waals surface area contributed by atoms with Crippen molar-refractivity contribution in [1.29, 1.82) is 0 Å². The lowest BCUT2D eigenvalue weighted by Gasteiger charge is -2.18. The molecule has 568 valence electrons. The summed E-state index contributed by atoms with van der Waals surface area (Å²) in [4.78, 5) is 100. The number of nitrogens with one attached hydrogen (secondary N) is 4. The maximum atomic E-state index is 14.3. The number of fused-ring (bicyclic) bond motifs is 4. The van der Waals surface area contributed by atoms with Crippen molar-refractivity contribution in [3.63, 3.8) is 0 Å². The van der Waals surface area contributed by atoms with Gasteiger partial charge in [-0.1, -0.05) is 0 Å². The van der Waals surface area contributed by atoms with Crippen LogP contribution in [0.2, 0.25) is 0 Å². The summed E-state index contributed by atoms with van der Waals surface area (Å²) in [5.74, 6) is -2.48. The number of hydrogen-bond acceptors (Lipinski definition) is 24. The van der Waals surface area contributed by atoms with Crippen molar-refractivity contribution in [1.82, 2.24) is 22.8 Å². The van der Waals surface area contributed by atoms with E-state index in [0.29, 0.717) is 19.9 Å². The van der Waals surface area contributed by atoms with E-state index >= 15 is 0 Å². The highest BCUT2D eigenvalue weighted by Gasteiger charge is 2.25. The molecule has 29 nitrogen and oxygen atoms in total. The fourth-order valence-corrected chi connectivity index (χ4v) is 12.4. The van der Waals surface area contributed by atoms with Gasteiger partial charge in [-0.25, -0.2) is 17.6 Å². The van der Waals surface area contributed by atoms with Gasteiger partial charge < -0.3 is 84.3 Å². The molecule has 8 aromatic heterocycles. The Morgan fingerprint density at radius 1 is 0.417 bits per heavy atom. The molecule has 11 N–H and O–H groups in total. The van der Waals surface area contributed by atoms with Gasteiger partial charge >= 0.3 is 0 Å². The Labute approximate surface area is 659 Å². The van der Waals surface area contributed by atoms with Crippen LogP contribution in [0.25, 0.3) is 44.3 Å². The van der Waals surface area contributed by atoms with Crippen LogP contribution in [0, 0.1) is 37.5 Å². The number of benzene rings is 4. The highest BCUT2D eigenvalue weighted by Crippen LogP contribution is 2.32. The van der Waals surface area contributed by atoms with Crippen molar-refractivity contribution in [3.05, 3.63) is 253 Å². The van der Waals surface area contributed by atoms with Crippen LogP contribution in [-0.2, 0) is 35.2 Å². The van der Waals surface area contributed by atoms with Gasteiger partial charge in [0.15, 0.2) is 5.43 Å². The molecule has 0 aliphatic carbocycles. The molecule has 0 bridgehead atoms. The summed E-state index contributed by atoms with van der Waals surface area (Å²) in [5.41, 5.74) is -3.05. The number of aliphatic hydroxyl groups excluding tert-OH is 7. The molecule has 12 rings (SSSR count). The predicted octanol–water partition coefficient (Wildman–Crippen LogP) is 8.21. The van der Waals surface area contributed by atoms with E-state index in [0.717, 1.165) is 40.1 Å². The third kappa shape index (κ3) is 18.7. The quantitative estimate of drug-likeness (QED) is 0.0253. The first-order valence-electron chi connectivity index (χ1n) is 31.6. The standard InChI is InChI=1S/C19H19FIN3O4.C18H16FIN2O6.2C17H14FIN2O5/c1-23-9-11(15(26)5-6-25)18(28)17-14(8-16(27)24(2)19(17)23)22-13-4-3-10(21)7-12(13)20;1-22-15(25)5-13(21-12-3-2-9(20)4-11(12)19)16-17(26)14(8-28-18(16)22)27-7-10(24)6-23;1-21-14(24)5-12(20-11-3-2-8(19)4-10(11)18)15-16(25)9(13(23)6-22)7-26-17(15)21;1-21-14(23)7-12(20-11-3-2-9(19)6-10(11)18)15-16(24)13(25-5-4-22)8-26-17(15)21/h3-4,7-9,15,22,25-26H,5-6H2,1-2H3;2-5,8,10,21,23-24H,6-7H2,1H3;2-5,7,13,20,22-23H,6H2,1H3;2-3,6-8,20,22H,4-5H2,1H3/t15-;10-;13-;/m111./s1. The van der Waals surface area contributed by atoms with Gasteiger partial charge in [0.1, 0.15) is 89.3 Å². The Morgan fingerprint density at radius 3 is 1.13 bits per heavy atom. The third-order valence-corrected chi connectivity index (χ3v) is 18.7. The number of nitrogens with zero attached hydrogens (tertiary/aromatic N) is 5. The van der Waals surface area contributed by atoms with Gasteiger partial charge in [-0.15, -0.1) is 0 Å². The molecule has 3 atom stereocenters. The first kappa shape index (κ1) is 82.7. The summed E-state index contributed by atoms with van der Waals surface area (Å²) in [5, 5.41) is 76.6. The monoisotopic (exact) mass is 1950 g/mol. The van der Waals surface area contributed by atoms with Crippen molar-refractivity contribution >= 4 is 180 Å². The van der Waals surface area contributed by atoms with Crippen LogP contribution in [0.5, 0.6) is 11.5 Å². The molecule has 0 saturated carbocycles. The predicted molar refractivity (Wildman–Crippen MR) is 427 cm³/mol. The van der Waals surface area contributed by atoms with Crippen LogP contribution < -0.4 is 74.7 Å². The van der Waals surface area contributed by atoms with E-state index in [4.69, 9.17) is 43.2 Å². The van der Waals surface area contributed by atoms with E-state index in [2.05, 4.69) is 21.3 Å². The van der Waals surface area contributed by atoms with E-state index < -0.39 is 93.2 Å². The molecular formula is C71H63F4I4N9O20. The molecule has 0 unspecified atom stereocenters. The highest BCUT2D eigenvalue weighted by molar-refractivity contribution is 14.1. The van der Waals surface area contributed by atoms with Gasteiger partial charge in [0.2, 0.25) is 44.9 Å². The molecule has 0 aliphatic heterocycles. The number of aromatic nitrogens is 5. The summed E-state index contributed by atoms with van der Waals surface area (Å²) in [6.07, 6.45) is 0.775. The van der Waals surface area contributed by atoms with Crippen LogP contribution in [0.1, 0.15) is 29.8 Å². The van der Waals surface area contributed by atoms with E-state index in [1.54, 1.807) is 35.9 Å². The lowest BCUT2D eigenvalue weighted by molar-refractivity contribution is 0.0527. The van der Waals surface area contributed by atoms with Crippen LogP contribution in [-0.4, -0.2) is 104 Å². The Hall–Kier alpha value is -9.32. The highest BCUT2D eigenvalue weighted by atomic mass is 127. The van der Waals surface area contributed by atoms with Crippen LogP contribution in [0.15, 0.2) is 174 Å². The minimum absolute atomic E-state index is 0.00101. The van der Waals surface area contributed by atoms with Crippen LogP contribution in [0.4, 0.5) is 63.1 Å².